The second-order valence-corrected chi connectivity index (χ2v) is 6.49. The summed E-state index contributed by atoms with van der Waals surface area (Å²) in [7, 11) is 1.96. The first-order valence-corrected chi connectivity index (χ1v) is 8.82. The predicted molar refractivity (Wildman–Crippen MR) is 95.8 cm³/mol. The summed E-state index contributed by atoms with van der Waals surface area (Å²) >= 11 is 0. The van der Waals surface area contributed by atoms with Gasteiger partial charge in [-0.1, -0.05) is 6.07 Å². The molecular weight excluding hydrogens is 316 g/mol. The van der Waals surface area contributed by atoms with E-state index in [9.17, 15) is 4.79 Å². The van der Waals surface area contributed by atoms with Gasteiger partial charge in [-0.05, 0) is 43.9 Å². The molecule has 0 saturated heterocycles. The number of rotatable bonds is 5. The maximum Gasteiger partial charge on any atom is 0.330 e. The van der Waals surface area contributed by atoms with E-state index >= 15 is 0 Å². The number of hydrogen-bond donors (Lipinski definition) is 0. The van der Waals surface area contributed by atoms with Crippen molar-refractivity contribution in [2.75, 3.05) is 18.1 Å². The number of fused-ring (bicyclic) bond motifs is 1. The van der Waals surface area contributed by atoms with Crippen molar-refractivity contribution in [3.05, 3.63) is 41.2 Å². The van der Waals surface area contributed by atoms with Gasteiger partial charge in [0.25, 0.3) is 0 Å². The molecule has 130 valence electrons. The van der Waals surface area contributed by atoms with Crippen LogP contribution in [0.2, 0.25) is 0 Å². The summed E-state index contributed by atoms with van der Waals surface area (Å²) in [5.74, 6) is 2.16. The number of aromatic nitrogens is 3. The number of pyridine rings is 1. The highest BCUT2D eigenvalue weighted by Gasteiger charge is 2.34. The zero-order valence-corrected chi connectivity index (χ0v) is 14.6. The molecule has 3 heterocycles. The maximum absolute atomic E-state index is 11.8. The zero-order chi connectivity index (χ0) is 17.4. The predicted octanol–water partition coefficient (Wildman–Crippen LogP) is 2.96. The molecule has 6 heteroatoms. The third kappa shape index (κ3) is 2.92. The van der Waals surface area contributed by atoms with Gasteiger partial charge in [-0.15, -0.1) is 0 Å². The van der Waals surface area contributed by atoms with Gasteiger partial charge >= 0.3 is 5.97 Å². The van der Waals surface area contributed by atoms with Gasteiger partial charge in [0.2, 0.25) is 0 Å². The molecule has 0 atom stereocenters. The number of esters is 1. The van der Waals surface area contributed by atoms with Crippen molar-refractivity contribution in [2.45, 2.75) is 32.1 Å². The van der Waals surface area contributed by atoms with Gasteiger partial charge in [-0.2, -0.15) is 5.10 Å². The molecule has 2 aliphatic rings. The van der Waals surface area contributed by atoms with Crippen LogP contribution in [0.15, 0.2) is 24.4 Å². The summed E-state index contributed by atoms with van der Waals surface area (Å²) in [6, 6.07) is 4.09. The summed E-state index contributed by atoms with van der Waals surface area (Å²) < 4.78 is 6.95. The number of hydrogen-bond acceptors (Lipinski definition) is 5. The first-order valence-electron chi connectivity index (χ1n) is 8.82. The molecule has 1 saturated carbocycles. The maximum atomic E-state index is 11.8. The van der Waals surface area contributed by atoms with Crippen molar-refractivity contribution in [3.63, 3.8) is 0 Å². The molecule has 0 N–H and O–H groups in total. The Bertz CT molecular complexity index is 836. The minimum atomic E-state index is -0.320. The Morgan fingerprint density at radius 3 is 3.04 bits per heavy atom. The smallest absolute Gasteiger partial charge is 0.330 e. The third-order valence-electron chi connectivity index (χ3n) is 4.70. The third-order valence-corrected chi connectivity index (χ3v) is 4.70. The van der Waals surface area contributed by atoms with E-state index in [2.05, 4.69) is 16.0 Å². The van der Waals surface area contributed by atoms with Crippen molar-refractivity contribution < 1.29 is 9.53 Å². The average Bonchev–Trinajstić information content (AvgIpc) is 3.29. The monoisotopic (exact) mass is 338 g/mol. The lowest BCUT2D eigenvalue weighted by molar-refractivity contribution is -0.137. The van der Waals surface area contributed by atoms with Crippen molar-refractivity contribution in [2.24, 2.45) is 7.05 Å². The van der Waals surface area contributed by atoms with Crippen molar-refractivity contribution in [1.29, 1.82) is 0 Å². The molecule has 4 rings (SSSR count). The molecule has 2 aromatic rings. The molecule has 2 aromatic heterocycles. The fraction of sp³-hybridized carbons (Fsp3) is 0.421. The lowest BCUT2D eigenvalue weighted by Gasteiger charge is -2.19. The Morgan fingerprint density at radius 1 is 1.44 bits per heavy atom. The largest absolute Gasteiger partial charge is 0.463 e. The summed E-state index contributed by atoms with van der Waals surface area (Å²) in [5.41, 5.74) is 3.33. The SMILES string of the molecule is CCOC(=O)C=Cc1c(C2CC2)nn(C)c1N1CCc2cccnc21. The second-order valence-electron chi connectivity index (χ2n) is 6.49. The fourth-order valence-corrected chi connectivity index (χ4v) is 3.44. The van der Waals surface area contributed by atoms with Crippen LogP contribution in [0.25, 0.3) is 6.08 Å². The van der Waals surface area contributed by atoms with Gasteiger partial charge in [-0.25, -0.2) is 9.78 Å². The van der Waals surface area contributed by atoms with E-state index < -0.39 is 0 Å². The molecule has 1 aliphatic heterocycles. The van der Waals surface area contributed by atoms with E-state index in [0.717, 1.165) is 48.7 Å². The molecule has 0 unspecified atom stereocenters. The van der Waals surface area contributed by atoms with Gasteiger partial charge in [0.05, 0.1) is 12.3 Å². The molecule has 0 amide bonds. The average molecular weight is 338 g/mol. The topological polar surface area (TPSA) is 60.2 Å². The van der Waals surface area contributed by atoms with Gasteiger partial charge in [0, 0.05) is 37.3 Å². The minimum absolute atomic E-state index is 0.320. The zero-order valence-electron chi connectivity index (χ0n) is 14.6. The van der Waals surface area contributed by atoms with Crippen LogP contribution >= 0.6 is 0 Å². The highest BCUT2D eigenvalue weighted by atomic mass is 16.5. The molecule has 6 nitrogen and oxygen atoms in total. The van der Waals surface area contributed by atoms with Gasteiger partial charge in [0.1, 0.15) is 11.6 Å². The van der Waals surface area contributed by atoms with E-state index in [1.807, 2.05) is 37.0 Å². The van der Waals surface area contributed by atoms with Gasteiger partial charge in [-0.3, -0.25) is 4.68 Å². The normalized spacial score (nSPS) is 16.5. The van der Waals surface area contributed by atoms with E-state index in [1.165, 1.54) is 11.6 Å². The Labute approximate surface area is 147 Å². The van der Waals surface area contributed by atoms with Crippen molar-refractivity contribution >= 4 is 23.7 Å². The summed E-state index contributed by atoms with van der Waals surface area (Å²) in [5, 5.41) is 4.76. The second kappa shape index (κ2) is 6.35. The summed E-state index contributed by atoms with van der Waals surface area (Å²) in [4.78, 5) is 18.6. The van der Waals surface area contributed by atoms with Gasteiger partial charge < -0.3 is 9.64 Å². The molecule has 0 aromatic carbocycles. The van der Waals surface area contributed by atoms with E-state index in [0.29, 0.717) is 12.5 Å². The molecule has 0 bridgehead atoms. The Morgan fingerprint density at radius 2 is 2.28 bits per heavy atom. The molecule has 25 heavy (non-hydrogen) atoms. The Balaban J connectivity index is 1.76. The first kappa shape index (κ1) is 15.9. The molecule has 0 radical (unpaired) electrons. The molecule has 1 fully saturated rings. The van der Waals surface area contributed by atoms with E-state index in [4.69, 9.17) is 9.84 Å². The fourth-order valence-electron chi connectivity index (χ4n) is 3.44. The van der Waals surface area contributed by atoms with Crippen molar-refractivity contribution in [1.82, 2.24) is 14.8 Å². The lowest BCUT2D eigenvalue weighted by atomic mass is 10.1. The van der Waals surface area contributed by atoms with Crippen LogP contribution in [0.4, 0.5) is 11.6 Å². The van der Waals surface area contributed by atoms with Crippen LogP contribution in [0.5, 0.6) is 0 Å². The molecule has 0 spiro atoms. The number of carbonyl (C=O) groups is 1. The van der Waals surface area contributed by atoms with E-state index in [1.54, 1.807) is 0 Å². The standard InChI is InChI=1S/C19H22N4O2/c1-3-25-16(24)9-8-15-17(13-6-7-13)21-22(2)19(15)23-12-10-14-5-4-11-20-18(14)23/h4-5,8-9,11,13H,3,6-7,10,12H2,1-2H3. The van der Waals surface area contributed by atoms with Crippen LogP contribution < -0.4 is 4.90 Å². The number of aryl methyl sites for hydroxylation is 1. The number of anilines is 2. The quantitative estimate of drug-likeness (QED) is 0.620. The Hall–Kier alpha value is -2.63. The van der Waals surface area contributed by atoms with Crippen LogP contribution in [0.3, 0.4) is 0 Å². The highest BCUT2D eigenvalue weighted by molar-refractivity contribution is 5.89. The summed E-state index contributed by atoms with van der Waals surface area (Å²) in [6.45, 7) is 3.06. The van der Waals surface area contributed by atoms with Crippen LogP contribution in [-0.4, -0.2) is 33.9 Å². The number of carbonyl (C=O) groups excluding carboxylic acids is 1. The van der Waals surface area contributed by atoms with Crippen LogP contribution in [0, 0.1) is 0 Å². The lowest BCUT2D eigenvalue weighted by Crippen LogP contribution is -2.18. The minimum Gasteiger partial charge on any atom is -0.463 e. The first-order chi connectivity index (χ1) is 12.2. The van der Waals surface area contributed by atoms with E-state index in [-0.39, 0.29) is 5.97 Å². The van der Waals surface area contributed by atoms with Crippen LogP contribution in [0.1, 0.15) is 42.5 Å². The Kier molecular flexibility index (Phi) is 4.03. The van der Waals surface area contributed by atoms with Crippen LogP contribution in [-0.2, 0) is 23.0 Å². The molecule has 1 aliphatic carbocycles. The van der Waals surface area contributed by atoms with Crippen molar-refractivity contribution in [3.8, 4) is 0 Å². The van der Waals surface area contributed by atoms with Gasteiger partial charge in [0.15, 0.2) is 0 Å². The highest BCUT2D eigenvalue weighted by Crippen LogP contribution is 2.45. The molecular formula is C19H22N4O2. The summed E-state index contributed by atoms with van der Waals surface area (Å²) in [6.07, 6.45) is 8.47. The number of nitrogens with zero attached hydrogens (tertiary/aromatic N) is 4. The number of ether oxygens (including phenoxy) is 1.